The second-order valence-corrected chi connectivity index (χ2v) is 5.49. The zero-order chi connectivity index (χ0) is 17.5. The SMILES string of the molecule is CC(=O)NCCNC(=O)NCc1c(C)nn(-c2ccccc2)c1C. The normalized spacial score (nSPS) is 10.3. The molecule has 128 valence electrons. The van der Waals surface area contributed by atoms with E-state index in [1.165, 1.54) is 6.92 Å². The largest absolute Gasteiger partial charge is 0.355 e. The minimum atomic E-state index is -0.272. The molecule has 0 radical (unpaired) electrons. The molecule has 0 unspecified atom stereocenters. The van der Waals surface area contributed by atoms with E-state index in [0.29, 0.717) is 19.6 Å². The van der Waals surface area contributed by atoms with Gasteiger partial charge in [0.25, 0.3) is 0 Å². The van der Waals surface area contributed by atoms with E-state index >= 15 is 0 Å². The van der Waals surface area contributed by atoms with Crippen molar-refractivity contribution in [1.29, 1.82) is 0 Å². The van der Waals surface area contributed by atoms with Gasteiger partial charge in [0, 0.05) is 37.8 Å². The Morgan fingerprint density at radius 2 is 1.71 bits per heavy atom. The van der Waals surface area contributed by atoms with E-state index in [4.69, 9.17) is 0 Å². The van der Waals surface area contributed by atoms with Crippen molar-refractivity contribution in [3.63, 3.8) is 0 Å². The molecule has 1 aromatic carbocycles. The molecule has 0 aliphatic rings. The number of benzene rings is 1. The molecule has 3 N–H and O–H groups in total. The number of carbonyl (C=O) groups excluding carboxylic acids is 2. The Kier molecular flexibility index (Phi) is 5.95. The van der Waals surface area contributed by atoms with Gasteiger partial charge in [-0.3, -0.25) is 4.79 Å². The van der Waals surface area contributed by atoms with E-state index in [2.05, 4.69) is 21.0 Å². The maximum atomic E-state index is 11.8. The van der Waals surface area contributed by atoms with Crippen molar-refractivity contribution in [3.8, 4) is 5.69 Å². The maximum Gasteiger partial charge on any atom is 0.315 e. The zero-order valence-electron chi connectivity index (χ0n) is 14.2. The monoisotopic (exact) mass is 329 g/mol. The van der Waals surface area contributed by atoms with Crippen molar-refractivity contribution in [1.82, 2.24) is 25.7 Å². The molecule has 0 spiro atoms. The van der Waals surface area contributed by atoms with Gasteiger partial charge in [0.05, 0.1) is 11.4 Å². The molecule has 7 heteroatoms. The zero-order valence-corrected chi connectivity index (χ0v) is 14.2. The van der Waals surface area contributed by atoms with Crippen LogP contribution < -0.4 is 16.0 Å². The second kappa shape index (κ2) is 8.14. The fourth-order valence-electron chi connectivity index (χ4n) is 2.40. The highest BCUT2D eigenvalue weighted by Gasteiger charge is 2.13. The number of hydrogen-bond acceptors (Lipinski definition) is 3. The molecule has 3 amide bonds. The Morgan fingerprint density at radius 1 is 1.04 bits per heavy atom. The van der Waals surface area contributed by atoms with Gasteiger partial charge in [-0.05, 0) is 26.0 Å². The molecule has 0 aliphatic carbocycles. The van der Waals surface area contributed by atoms with Crippen LogP contribution in [0.3, 0.4) is 0 Å². The van der Waals surface area contributed by atoms with Crippen LogP contribution in [0.25, 0.3) is 5.69 Å². The van der Waals surface area contributed by atoms with Gasteiger partial charge in [-0.15, -0.1) is 0 Å². The van der Waals surface area contributed by atoms with Gasteiger partial charge in [-0.1, -0.05) is 18.2 Å². The third-order valence-electron chi connectivity index (χ3n) is 3.65. The average Bonchev–Trinajstić information content (AvgIpc) is 2.85. The van der Waals surface area contributed by atoms with Crippen molar-refractivity contribution in [3.05, 3.63) is 47.3 Å². The molecular formula is C17H23N5O2. The van der Waals surface area contributed by atoms with Gasteiger partial charge in [0.1, 0.15) is 0 Å². The summed E-state index contributed by atoms with van der Waals surface area (Å²) in [5.41, 5.74) is 3.87. The Morgan fingerprint density at radius 3 is 2.38 bits per heavy atom. The topological polar surface area (TPSA) is 88.1 Å². The van der Waals surface area contributed by atoms with E-state index < -0.39 is 0 Å². The van der Waals surface area contributed by atoms with Crippen LogP contribution in [0.2, 0.25) is 0 Å². The molecule has 0 saturated carbocycles. The summed E-state index contributed by atoms with van der Waals surface area (Å²) in [4.78, 5) is 22.5. The molecular weight excluding hydrogens is 306 g/mol. The van der Waals surface area contributed by atoms with Crippen LogP contribution in [0.5, 0.6) is 0 Å². The smallest absolute Gasteiger partial charge is 0.315 e. The number of para-hydroxylation sites is 1. The summed E-state index contributed by atoms with van der Waals surface area (Å²) >= 11 is 0. The summed E-state index contributed by atoms with van der Waals surface area (Å²) < 4.78 is 1.88. The van der Waals surface area contributed by atoms with Crippen molar-refractivity contribution >= 4 is 11.9 Å². The molecule has 0 atom stereocenters. The summed E-state index contributed by atoms with van der Waals surface area (Å²) in [5.74, 6) is -0.114. The number of aryl methyl sites for hydroxylation is 1. The van der Waals surface area contributed by atoms with Crippen molar-refractivity contribution in [2.75, 3.05) is 13.1 Å². The first-order chi connectivity index (χ1) is 11.5. The number of carbonyl (C=O) groups is 2. The number of nitrogens with zero attached hydrogens (tertiary/aromatic N) is 2. The first kappa shape index (κ1) is 17.5. The predicted molar refractivity (Wildman–Crippen MR) is 92.0 cm³/mol. The Labute approximate surface area is 141 Å². The molecule has 0 saturated heterocycles. The van der Waals surface area contributed by atoms with Gasteiger partial charge in [-0.25, -0.2) is 9.48 Å². The maximum absolute atomic E-state index is 11.8. The van der Waals surface area contributed by atoms with Gasteiger partial charge in [0.15, 0.2) is 0 Å². The van der Waals surface area contributed by atoms with Crippen LogP contribution in [0, 0.1) is 13.8 Å². The lowest BCUT2D eigenvalue weighted by Crippen LogP contribution is -2.39. The minimum absolute atomic E-state index is 0.114. The van der Waals surface area contributed by atoms with Crippen LogP contribution in [-0.4, -0.2) is 34.8 Å². The van der Waals surface area contributed by atoms with Crippen molar-refractivity contribution in [2.45, 2.75) is 27.3 Å². The Hall–Kier alpha value is -2.83. The molecule has 24 heavy (non-hydrogen) atoms. The Balaban J connectivity index is 1.92. The fraction of sp³-hybridized carbons (Fsp3) is 0.353. The fourth-order valence-corrected chi connectivity index (χ4v) is 2.40. The molecule has 0 aliphatic heterocycles. The molecule has 1 heterocycles. The highest BCUT2D eigenvalue weighted by atomic mass is 16.2. The second-order valence-electron chi connectivity index (χ2n) is 5.49. The lowest BCUT2D eigenvalue weighted by Gasteiger charge is -2.09. The predicted octanol–water partition coefficient (Wildman–Crippen LogP) is 1.42. The molecule has 0 bridgehead atoms. The summed E-state index contributed by atoms with van der Waals surface area (Å²) in [7, 11) is 0. The summed E-state index contributed by atoms with van der Waals surface area (Å²) in [6, 6.07) is 9.60. The standard InChI is InChI=1S/C17H23N5O2/c1-12-16(11-20-17(24)19-10-9-18-14(3)23)13(2)22(21-12)15-7-5-4-6-8-15/h4-8H,9-11H2,1-3H3,(H,18,23)(H2,19,20,24). The van der Waals surface area contributed by atoms with E-state index in [1.807, 2.05) is 48.9 Å². The summed E-state index contributed by atoms with van der Waals surface area (Å²) in [6.07, 6.45) is 0. The van der Waals surface area contributed by atoms with Crippen molar-refractivity contribution < 1.29 is 9.59 Å². The number of urea groups is 1. The van der Waals surface area contributed by atoms with Crippen molar-refractivity contribution in [2.24, 2.45) is 0 Å². The van der Waals surface area contributed by atoms with E-state index in [0.717, 1.165) is 22.6 Å². The van der Waals surface area contributed by atoms with Gasteiger partial charge >= 0.3 is 6.03 Å². The molecule has 2 aromatic rings. The van der Waals surface area contributed by atoms with Crippen LogP contribution in [-0.2, 0) is 11.3 Å². The van der Waals surface area contributed by atoms with Crippen LogP contribution in [0.1, 0.15) is 23.9 Å². The van der Waals surface area contributed by atoms with Gasteiger partial charge in [-0.2, -0.15) is 5.10 Å². The number of aromatic nitrogens is 2. The first-order valence-electron chi connectivity index (χ1n) is 7.85. The number of amides is 3. The van der Waals surface area contributed by atoms with Crippen LogP contribution in [0.15, 0.2) is 30.3 Å². The number of nitrogens with one attached hydrogen (secondary N) is 3. The molecule has 1 aromatic heterocycles. The third kappa shape index (κ3) is 4.58. The van der Waals surface area contributed by atoms with E-state index in [9.17, 15) is 9.59 Å². The lowest BCUT2D eigenvalue weighted by molar-refractivity contribution is -0.118. The molecule has 7 nitrogen and oxygen atoms in total. The van der Waals surface area contributed by atoms with E-state index in [-0.39, 0.29) is 11.9 Å². The Bertz CT molecular complexity index is 709. The molecule has 0 fully saturated rings. The lowest BCUT2D eigenvalue weighted by atomic mass is 10.2. The first-order valence-corrected chi connectivity index (χ1v) is 7.85. The molecule has 2 rings (SSSR count). The van der Waals surface area contributed by atoms with Crippen LogP contribution in [0.4, 0.5) is 4.79 Å². The number of hydrogen-bond donors (Lipinski definition) is 3. The number of rotatable bonds is 6. The highest BCUT2D eigenvalue weighted by Crippen LogP contribution is 2.17. The summed E-state index contributed by atoms with van der Waals surface area (Å²) in [6.45, 7) is 6.54. The van der Waals surface area contributed by atoms with Gasteiger partial charge in [0.2, 0.25) is 5.91 Å². The van der Waals surface area contributed by atoms with Gasteiger partial charge < -0.3 is 16.0 Å². The van der Waals surface area contributed by atoms with E-state index in [1.54, 1.807) is 0 Å². The van der Waals surface area contributed by atoms with Crippen LogP contribution >= 0.6 is 0 Å². The summed E-state index contributed by atoms with van der Waals surface area (Å²) in [5, 5.41) is 12.7. The third-order valence-corrected chi connectivity index (χ3v) is 3.65. The minimum Gasteiger partial charge on any atom is -0.355 e. The average molecular weight is 329 g/mol. The highest BCUT2D eigenvalue weighted by molar-refractivity contribution is 5.74. The quantitative estimate of drug-likeness (QED) is 0.701.